The summed E-state index contributed by atoms with van der Waals surface area (Å²) in [5.74, 6) is 4.66. The van der Waals surface area contributed by atoms with Crippen LogP contribution in [0.1, 0.15) is 23.6 Å². The fourth-order valence-corrected chi connectivity index (χ4v) is 3.35. The lowest BCUT2D eigenvalue weighted by atomic mass is 10.0. The Bertz CT molecular complexity index is 759. The van der Waals surface area contributed by atoms with Crippen LogP contribution in [0.25, 0.3) is 0 Å². The summed E-state index contributed by atoms with van der Waals surface area (Å²) in [7, 11) is -3.75. The Balaban J connectivity index is 2.29. The first-order valence-corrected chi connectivity index (χ1v) is 8.54. The maximum atomic E-state index is 12.5. The molecule has 4 N–H and O–H groups in total. The van der Waals surface area contributed by atoms with E-state index in [1.165, 1.54) is 12.1 Å². The minimum Gasteiger partial charge on any atom is -0.294 e. The van der Waals surface area contributed by atoms with Crippen LogP contribution in [-0.2, 0) is 14.8 Å². The Morgan fingerprint density at radius 2 is 1.70 bits per heavy atom. The number of amides is 1. The molecular weight excluding hydrogens is 314 g/mol. The highest BCUT2D eigenvalue weighted by Gasteiger charge is 2.23. The summed E-state index contributed by atoms with van der Waals surface area (Å²) in [6, 6.07) is 14.7. The molecule has 23 heavy (non-hydrogen) atoms. The summed E-state index contributed by atoms with van der Waals surface area (Å²) >= 11 is 0. The van der Waals surface area contributed by atoms with Crippen molar-refractivity contribution in [2.75, 3.05) is 0 Å². The fraction of sp³-hybridized carbons (Fsp3) is 0.188. The van der Waals surface area contributed by atoms with Crippen molar-refractivity contribution < 1.29 is 13.2 Å². The average Bonchev–Trinajstić information content (AvgIpc) is 2.55. The van der Waals surface area contributed by atoms with E-state index in [1.54, 1.807) is 36.4 Å². The number of carbonyl (C=O) groups excluding carboxylic acids is 1. The second kappa shape index (κ2) is 7.36. The molecule has 2 aromatic carbocycles. The number of carbonyl (C=O) groups is 1. The SMILES string of the molecule is Cc1ccc(S(=O)(=O)N[C@@H](CC(=O)NN)c2ccccc2)cc1. The molecule has 6 nitrogen and oxygen atoms in total. The molecule has 0 saturated heterocycles. The molecule has 0 aromatic heterocycles. The van der Waals surface area contributed by atoms with Crippen molar-refractivity contribution in [1.29, 1.82) is 0 Å². The van der Waals surface area contributed by atoms with Crippen LogP contribution in [-0.4, -0.2) is 14.3 Å². The van der Waals surface area contributed by atoms with E-state index < -0.39 is 22.0 Å². The van der Waals surface area contributed by atoms with Gasteiger partial charge >= 0.3 is 0 Å². The topological polar surface area (TPSA) is 101 Å². The second-order valence-electron chi connectivity index (χ2n) is 5.17. The van der Waals surface area contributed by atoms with E-state index in [1.807, 2.05) is 18.4 Å². The molecule has 1 amide bonds. The van der Waals surface area contributed by atoms with Gasteiger partial charge in [-0.3, -0.25) is 10.2 Å². The van der Waals surface area contributed by atoms with Gasteiger partial charge in [0.15, 0.2) is 0 Å². The zero-order chi connectivity index (χ0) is 16.9. The molecule has 2 rings (SSSR count). The summed E-state index contributed by atoms with van der Waals surface area (Å²) in [6.07, 6.45) is -0.0917. The Hall–Kier alpha value is -2.22. The van der Waals surface area contributed by atoms with Crippen molar-refractivity contribution in [1.82, 2.24) is 10.1 Å². The number of nitrogens with one attached hydrogen (secondary N) is 2. The van der Waals surface area contributed by atoms with Crippen LogP contribution in [0, 0.1) is 6.92 Å². The maximum Gasteiger partial charge on any atom is 0.241 e. The van der Waals surface area contributed by atoms with E-state index in [9.17, 15) is 13.2 Å². The van der Waals surface area contributed by atoms with E-state index in [0.29, 0.717) is 5.56 Å². The Kier molecular flexibility index (Phi) is 5.49. The van der Waals surface area contributed by atoms with Crippen molar-refractivity contribution in [3.63, 3.8) is 0 Å². The van der Waals surface area contributed by atoms with Crippen molar-refractivity contribution in [2.24, 2.45) is 5.84 Å². The number of hydrogen-bond acceptors (Lipinski definition) is 4. The van der Waals surface area contributed by atoms with Gasteiger partial charge in [0, 0.05) is 6.42 Å². The number of aryl methyl sites for hydroxylation is 1. The maximum absolute atomic E-state index is 12.5. The van der Waals surface area contributed by atoms with E-state index in [4.69, 9.17) is 5.84 Å². The summed E-state index contributed by atoms with van der Waals surface area (Å²) in [4.78, 5) is 11.7. The third kappa shape index (κ3) is 4.62. The van der Waals surface area contributed by atoms with Gasteiger partial charge in [-0.2, -0.15) is 0 Å². The van der Waals surface area contributed by atoms with Crippen LogP contribution in [0.3, 0.4) is 0 Å². The van der Waals surface area contributed by atoms with Gasteiger partial charge in [0.25, 0.3) is 0 Å². The highest BCUT2D eigenvalue weighted by atomic mass is 32.2. The number of rotatable bonds is 6. The third-order valence-corrected chi connectivity index (χ3v) is 4.87. The first-order chi connectivity index (χ1) is 10.9. The van der Waals surface area contributed by atoms with Gasteiger partial charge < -0.3 is 0 Å². The van der Waals surface area contributed by atoms with Gasteiger partial charge in [-0.15, -0.1) is 0 Å². The molecule has 0 heterocycles. The fourth-order valence-electron chi connectivity index (χ4n) is 2.13. The molecule has 0 aliphatic heterocycles. The molecule has 0 fully saturated rings. The van der Waals surface area contributed by atoms with Crippen molar-refractivity contribution in [2.45, 2.75) is 24.3 Å². The van der Waals surface area contributed by atoms with Crippen molar-refractivity contribution >= 4 is 15.9 Å². The van der Waals surface area contributed by atoms with Gasteiger partial charge in [-0.1, -0.05) is 48.0 Å². The Labute approximate surface area is 135 Å². The van der Waals surface area contributed by atoms with Crippen LogP contribution in [0.2, 0.25) is 0 Å². The molecule has 2 aromatic rings. The molecule has 1 atom stereocenters. The van der Waals surface area contributed by atoms with E-state index >= 15 is 0 Å². The standard InChI is InChI=1S/C16H19N3O3S/c1-12-7-9-14(10-8-12)23(21,22)19-15(11-16(20)18-17)13-5-3-2-4-6-13/h2-10,15,19H,11,17H2,1H3,(H,18,20)/t15-/m0/s1. The molecule has 0 unspecified atom stereocenters. The number of hydrogen-bond donors (Lipinski definition) is 3. The molecule has 0 spiro atoms. The molecular formula is C16H19N3O3S. The molecule has 0 aliphatic rings. The first-order valence-electron chi connectivity index (χ1n) is 7.06. The van der Waals surface area contributed by atoms with Crippen LogP contribution < -0.4 is 16.0 Å². The largest absolute Gasteiger partial charge is 0.294 e. The first kappa shape index (κ1) is 17.1. The van der Waals surface area contributed by atoms with Crippen LogP contribution in [0.15, 0.2) is 59.5 Å². The van der Waals surface area contributed by atoms with E-state index in [0.717, 1.165) is 5.56 Å². The quantitative estimate of drug-likeness (QED) is 0.422. The van der Waals surface area contributed by atoms with Crippen molar-refractivity contribution in [3.8, 4) is 0 Å². The highest BCUT2D eigenvalue weighted by molar-refractivity contribution is 7.89. The van der Waals surface area contributed by atoms with Gasteiger partial charge in [0.1, 0.15) is 0 Å². The molecule has 122 valence electrons. The van der Waals surface area contributed by atoms with Gasteiger partial charge in [0.05, 0.1) is 10.9 Å². The molecule has 0 aliphatic carbocycles. The van der Waals surface area contributed by atoms with Crippen LogP contribution in [0.5, 0.6) is 0 Å². The normalized spacial score (nSPS) is 12.6. The lowest BCUT2D eigenvalue weighted by Gasteiger charge is -2.18. The molecule has 7 heteroatoms. The minimum absolute atomic E-state index is 0.0917. The second-order valence-corrected chi connectivity index (χ2v) is 6.88. The number of nitrogens with two attached hydrogens (primary N) is 1. The minimum atomic E-state index is -3.75. The average molecular weight is 333 g/mol. The molecule has 0 bridgehead atoms. The summed E-state index contributed by atoms with van der Waals surface area (Å²) in [6.45, 7) is 1.88. The zero-order valence-corrected chi connectivity index (χ0v) is 13.5. The number of sulfonamides is 1. The van der Waals surface area contributed by atoms with Gasteiger partial charge in [0.2, 0.25) is 15.9 Å². The van der Waals surface area contributed by atoms with E-state index in [2.05, 4.69) is 4.72 Å². The Morgan fingerprint density at radius 1 is 1.09 bits per heavy atom. The van der Waals surface area contributed by atoms with Gasteiger partial charge in [-0.05, 0) is 24.6 Å². The zero-order valence-electron chi connectivity index (χ0n) is 12.7. The smallest absolute Gasteiger partial charge is 0.241 e. The van der Waals surface area contributed by atoms with Gasteiger partial charge in [-0.25, -0.2) is 19.0 Å². The number of benzene rings is 2. The molecule has 0 saturated carbocycles. The highest BCUT2D eigenvalue weighted by Crippen LogP contribution is 2.20. The van der Waals surface area contributed by atoms with Crippen LogP contribution in [0.4, 0.5) is 0 Å². The van der Waals surface area contributed by atoms with E-state index in [-0.39, 0.29) is 11.3 Å². The lowest BCUT2D eigenvalue weighted by molar-refractivity contribution is -0.121. The third-order valence-electron chi connectivity index (χ3n) is 3.38. The van der Waals surface area contributed by atoms with Crippen LogP contribution >= 0.6 is 0 Å². The lowest BCUT2D eigenvalue weighted by Crippen LogP contribution is -2.36. The van der Waals surface area contributed by atoms with Crippen molar-refractivity contribution in [3.05, 3.63) is 65.7 Å². The Morgan fingerprint density at radius 3 is 2.26 bits per heavy atom. The number of hydrazine groups is 1. The summed E-state index contributed by atoms with van der Waals surface area (Å²) < 4.78 is 27.6. The summed E-state index contributed by atoms with van der Waals surface area (Å²) in [5, 5.41) is 0. The summed E-state index contributed by atoms with van der Waals surface area (Å²) in [5.41, 5.74) is 3.68. The molecule has 0 radical (unpaired) electrons. The predicted molar refractivity (Wildman–Crippen MR) is 87.6 cm³/mol. The monoisotopic (exact) mass is 333 g/mol. The predicted octanol–water partition coefficient (Wildman–Crippen LogP) is 1.39.